The summed E-state index contributed by atoms with van der Waals surface area (Å²) in [5.41, 5.74) is 0.751. The van der Waals surface area contributed by atoms with E-state index >= 15 is 0 Å². The number of halogens is 1. The Morgan fingerprint density at radius 2 is 1.90 bits per heavy atom. The van der Waals surface area contributed by atoms with Gasteiger partial charge in [0.25, 0.3) is 15.9 Å². The highest BCUT2D eigenvalue weighted by Gasteiger charge is 2.35. The van der Waals surface area contributed by atoms with Crippen LogP contribution in [0, 0.1) is 5.92 Å². The number of rotatable bonds is 9. The van der Waals surface area contributed by atoms with E-state index in [0.717, 1.165) is 5.56 Å². The molecule has 3 N–H and O–H groups in total. The second-order valence-corrected chi connectivity index (χ2v) is 12.5. The third-order valence-electron chi connectivity index (χ3n) is 6.63. The van der Waals surface area contributed by atoms with Gasteiger partial charge in [-0.2, -0.15) is 4.31 Å². The summed E-state index contributed by atoms with van der Waals surface area (Å²) in [4.78, 5) is 30.3. The fourth-order valence-electron chi connectivity index (χ4n) is 4.57. The highest BCUT2D eigenvalue weighted by atomic mass is 35.5. The number of aromatic nitrogens is 1. The largest absolute Gasteiger partial charge is 0.451 e. The molecule has 1 aliphatic heterocycles. The summed E-state index contributed by atoms with van der Waals surface area (Å²) in [6, 6.07) is 13.2. The summed E-state index contributed by atoms with van der Waals surface area (Å²) in [7, 11) is -3.89. The van der Waals surface area contributed by atoms with E-state index in [-0.39, 0.29) is 29.8 Å². The number of aliphatic hydroxyl groups is 1. The number of furan rings is 1. The standard InChI is InChI=1S/C28H33ClN4O6S/c1-18(2)16-22(32-28(36)25-13-12-24(39-25)19-8-10-20(29)11-9-19)27(35)31-21-6-5-15-33(17-23(21)34)40(37,38)26-7-3-4-14-30-26/h3-4,7-14,18,21-23,34H,5-6,15-17H2,1-2H3,(H,31,35)(H,32,36)/t21?,22?,23-/m0/s1. The van der Waals surface area contributed by atoms with E-state index in [1.54, 1.807) is 42.5 Å². The number of carbonyl (C=O) groups excluding carboxylic acids is 2. The Kier molecular flexibility index (Phi) is 9.62. The number of hydrogen-bond donors (Lipinski definition) is 3. The van der Waals surface area contributed by atoms with Gasteiger partial charge >= 0.3 is 0 Å². The number of sulfonamides is 1. The van der Waals surface area contributed by atoms with Crippen molar-refractivity contribution in [2.75, 3.05) is 13.1 Å². The van der Waals surface area contributed by atoms with Gasteiger partial charge in [-0.25, -0.2) is 13.4 Å². The van der Waals surface area contributed by atoms with Gasteiger partial charge in [0.2, 0.25) is 5.91 Å². The number of pyridine rings is 1. The van der Waals surface area contributed by atoms with E-state index in [4.69, 9.17) is 16.0 Å². The highest BCUT2D eigenvalue weighted by molar-refractivity contribution is 7.89. The van der Waals surface area contributed by atoms with E-state index in [1.807, 2.05) is 13.8 Å². The molecule has 2 amide bonds. The van der Waals surface area contributed by atoms with E-state index in [2.05, 4.69) is 15.6 Å². The number of nitrogens with one attached hydrogen (secondary N) is 2. The van der Waals surface area contributed by atoms with Crippen LogP contribution < -0.4 is 10.6 Å². The molecule has 1 aliphatic rings. The SMILES string of the molecule is CC(C)CC(NC(=O)c1ccc(-c2ccc(Cl)cc2)o1)C(=O)NC1CCCN(S(=O)(=O)c2ccccn2)C[C@@H]1O. The molecule has 0 aliphatic carbocycles. The van der Waals surface area contributed by atoms with Crippen LogP contribution in [0.15, 0.2) is 70.2 Å². The summed E-state index contributed by atoms with van der Waals surface area (Å²) in [6.07, 6.45) is 1.40. The van der Waals surface area contributed by atoms with Crippen LogP contribution in [0.25, 0.3) is 11.3 Å². The number of nitrogens with zero attached hydrogens (tertiary/aromatic N) is 2. The first-order valence-electron chi connectivity index (χ1n) is 13.1. The average Bonchev–Trinajstić information content (AvgIpc) is 3.35. The fraction of sp³-hybridized carbons (Fsp3) is 0.393. The van der Waals surface area contributed by atoms with Crippen LogP contribution >= 0.6 is 11.6 Å². The first kappa shape index (κ1) is 29.7. The third kappa shape index (κ3) is 7.28. The quantitative estimate of drug-likeness (QED) is 0.347. The zero-order valence-corrected chi connectivity index (χ0v) is 23.9. The van der Waals surface area contributed by atoms with E-state index in [0.29, 0.717) is 30.0 Å². The average molecular weight is 589 g/mol. The van der Waals surface area contributed by atoms with Gasteiger partial charge in [0.1, 0.15) is 11.8 Å². The Balaban J connectivity index is 1.42. The van der Waals surface area contributed by atoms with Crippen molar-refractivity contribution in [1.82, 2.24) is 19.9 Å². The molecule has 0 radical (unpaired) electrons. The number of hydrogen-bond acceptors (Lipinski definition) is 7. The Morgan fingerprint density at radius 1 is 1.15 bits per heavy atom. The smallest absolute Gasteiger partial charge is 0.287 e. The second-order valence-electron chi connectivity index (χ2n) is 10.2. The molecule has 40 heavy (non-hydrogen) atoms. The zero-order valence-electron chi connectivity index (χ0n) is 22.3. The molecule has 0 saturated carbocycles. The normalized spacial score (nSPS) is 19.1. The fourth-order valence-corrected chi connectivity index (χ4v) is 6.12. The molecule has 0 bridgehead atoms. The topological polar surface area (TPSA) is 142 Å². The van der Waals surface area contributed by atoms with E-state index < -0.39 is 40.0 Å². The van der Waals surface area contributed by atoms with Crippen LogP contribution in [0.4, 0.5) is 0 Å². The molecule has 1 fully saturated rings. The van der Waals surface area contributed by atoms with Gasteiger partial charge in [-0.1, -0.05) is 31.5 Å². The van der Waals surface area contributed by atoms with Crippen LogP contribution in [0.5, 0.6) is 0 Å². The maximum absolute atomic E-state index is 13.3. The minimum atomic E-state index is -3.89. The summed E-state index contributed by atoms with van der Waals surface area (Å²) in [5, 5.41) is 16.9. The number of aliphatic hydroxyl groups excluding tert-OH is 1. The van der Waals surface area contributed by atoms with Crippen LogP contribution in [0.1, 0.15) is 43.7 Å². The van der Waals surface area contributed by atoms with Crippen molar-refractivity contribution in [2.24, 2.45) is 5.92 Å². The summed E-state index contributed by atoms with van der Waals surface area (Å²) >= 11 is 5.94. The lowest BCUT2D eigenvalue weighted by molar-refractivity contribution is -0.125. The summed E-state index contributed by atoms with van der Waals surface area (Å²) in [6.45, 7) is 3.85. The Bertz CT molecular complexity index is 1410. The number of benzene rings is 1. The van der Waals surface area contributed by atoms with Crippen molar-refractivity contribution in [3.63, 3.8) is 0 Å². The van der Waals surface area contributed by atoms with Gasteiger partial charge < -0.3 is 20.2 Å². The number of amides is 2. The Labute approximate surface area is 238 Å². The van der Waals surface area contributed by atoms with Crippen LogP contribution in [-0.2, 0) is 14.8 Å². The van der Waals surface area contributed by atoms with Crippen LogP contribution in [0.3, 0.4) is 0 Å². The lowest BCUT2D eigenvalue weighted by Gasteiger charge is -2.27. The van der Waals surface area contributed by atoms with Gasteiger partial charge in [-0.15, -0.1) is 0 Å². The minimum Gasteiger partial charge on any atom is -0.451 e. The van der Waals surface area contributed by atoms with Crippen LogP contribution in [-0.4, -0.2) is 65.9 Å². The van der Waals surface area contributed by atoms with Crippen molar-refractivity contribution in [1.29, 1.82) is 0 Å². The number of carbonyl (C=O) groups is 2. The monoisotopic (exact) mass is 588 g/mol. The predicted molar refractivity (Wildman–Crippen MR) is 150 cm³/mol. The first-order chi connectivity index (χ1) is 19.0. The first-order valence-corrected chi connectivity index (χ1v) is 14.9. The van der Waals surface area contributed by atoms with Crippen molar-refractivity contribution in [3.05, 3.63) is 71.6 Å². The van der Waals surface area contributed by atoms with E-state index in [1.165, 1.54) is 22.6 Å². The van der Waals surface area contributed by atoms with Gasteiger partial charge in [0, 0.05) is 29.9 Å². The highest BCUT2D eigenvalue weighted by Crippen LogP contribution is 2.24. The van der Waals surface area contributed by atoms with Crippen LogP contribution in [0.2, 0.25) is 5.02 Å². The maximum Gasteiger partial charge on any atom is 0.287 e. The van der Waals surface area contributed by atoms with Gasteiger partial charge in [0.15, 0.2) is 10.8 Å². The molecule has 0 spiro atoms. The Hall–Kier alpha value is -3.25. The summed E-state index contributed by atoms with van der Waals surface area (Å²) < 4.78 is 32.9. The van der Waals surface area contributed by atoms with Crippen molar-refractivity contribution in [2.45, 2.75) is 56.3 Å². The lowest BCUT2D eigenvalue weighted by Crippen LogP contribution is -2.54. The third-order valence-corrected chi connectivity index (χ3v) is 8.67. The van der Waals surface area contributed by atoms with Gasteiger partial charge in [-0.3, -0.25) is 9.59 Å². The molecule has 1 saturated heterocycles. The molecule has 1 aromatic carbocycles. The molecule has 3 heterocycles. The molecular formula is C28H33ClN4O6S. The molecule has 214 valence electrons. The number of β-amino-alcohol motifs (C(OH)–C–C–N with tert-alkyl or cyclic N) is 1. The Morgan fingerprint density at radius 3 is 2.58 bits per heavy atom. The molecule has 3 atom stereocenters. The lowest BCUT2D eigenvalue weighted by atomic mass is 10.0. The van der Waals surface area contributed by atoms with E-state index in [9.17, 15) is 23.1 Å². The predicted octanol–water partition coefficient (Wildman–Crippen LogP) is 3.47. The molecular weight excluding hydrogens is 556 g/mol. The maximum atomic E-state index is 13.3. The molecule has 10 nitrogen and oxygen atoms in total. The second kappa shape index (κ2) is 12.9. The zero-order chi connectivity index (χ0) is 28.9. The molecule has 2 aromatic heterocycles. The van der Waals surface area contributed by atoms with Gasteiger partial charge in [0.05, 0.1) is 12.1 Å². The molecule has 4 rings (SSSR count). The summed E-state index contributed by atoms with van der Waals surface area (Å²) in [5.74, 6) is -0.392. The molecule has 3 aromatic rings. The van der Waals surface area contributed by atoms with Crippen molar-refractivity contribution < 1.29 is 27.5 Å². The van der Waals surface area contributed by atoms with Crippen molar-refractivity contribution >= 4 is 33.4 Å². The molecule has 2 unspecified atom stereocenters. The minimum absolute atomic E-state index is 0.0522. The van der Waals surface area contributed by atoms with Crippen molar-refractivity contribution in [3.8, 4) is 11.3 Å². The molecule has 12 heteroatoms. The van der Waals surface area contributed by atoms with Gasteiger partial charge in [-0.05, 0) is 73.7 Å².